The Labute approximate surface area is 217 Å². The van der Waals surface area contributed by atoms with E-state index in [1.807, 2.05) is 21.9 Å². The maximum absolute atomic E-state index is 15.0. The van der Waals surface area contributed by atoms with Crippen LogP contribution >= 0.6 is 0 Å². The number of anilines is 1. The van der Waals surface area contributed by atoms with Gasteiger partial charge >= 0.3 is 0 Å². The van der Waals surface area contributed by atoms with Gasteiger partial charge in [-0.15, -0.1) is 0 Å². The summed E-state index contributed by atoms with van der Waals surface area (Å²) in [6.45, 7) is 2.22. The first-order valence-electron chi connectivity index (χ1n) is 13.0. The molecule has 0 aliphatic carbocycles. The Balaban J connectivity index is 1.37. The number of hydrogen-bond acceptors (Lipinski definition) is 6. The van der Waals surface area contributed by atoms with Crippen LogP contribution in [0.15, 0.2) is 53.3 Å². The molecule has 1 unspecified atom stereocenters. The molecule has 1 fully saturated rings. The zero-order chi connectivity index (χ0) is 26.0. The quantitative estimate of drug-likeness (QED) is 0.542. The molecule has 9 nitrogen and oxygen atoms in total. The number of piperidine rings is 1. The van der Waals surface area contributed by atoms with E-state index in [9.17, 15) is 14.4 Å². The van der Waals surface area contributed by atoms with Gasteiger partial charge in [-0.05, 0) is 49.1 Å². The number of fused-ring (bicyclic) bond motifs is 1. The van der Waals surface area contributed by atoms with Gasteiger partial charge in [0.25, 0.3) is 11.8 Å². The molecule has 1 saturated heterocycles. The normalized spacial score (nSPS) is 21.1. The van der Waals surface area contributed by atoms with E-state index in [2.05, 4.69) is 10.3 Å². The minimum Gasteiger partial charge on any atom is -0.357 e. The minimum absolute atomic E-state index is 0.0510. The SMILES string of the molecule is O=C1NC(=O)C(c2cnc3ccccn23)=C1C1=NCCN2c3c(cc(F)cc31)CC2C(=O)N1CCCCC1. The molecule has 4 aliphatic rings. The summed E-state index contributed by atoms with van der Waals surface area (Å²) in [5.74, 6) is -1.55. The van der Waals surface area contributed by atoms with Crippen molar-refractivity contribution >= 4 is 40.3 Å². The van der Waals surface area contributed by atoms with Crippen molar-refractivity contribution in [2.75, 3.05) is 31.1 Å². The number of hydrogen-bond donors (Lipinski definition) is 1. The van der Waals surface area contributed by atoms with Crippen LogP contribution in [-0.4, -0.2) is 69.9 Å². The van der Waals surface area contributed by atoms with E-state index in [0.717, 1.165) is 38.0 Å². The van der Waals surface area contributed by atoms with E-state index in [-0.39, 0.29) is 22.8 Å². The lowest BCUT2D eigenvalue weighted by Gasteiger charge is -2.33. The van der Waals surface area contributed by atoms with Crippen molar-refractivity contribution in [1.29, 1.82) is 0 Å². The van der Waals surface area contributed by atoms with Crippen LogP contribution in [-0.2, 0) is 20.8 Å². The molecule has 0 bridgehead atoms. The molecule has 3 aromatic rings. The lowest BCUT2D eigenvalue weighted by molar-refractivity contribution is -0.133. The fourth-order valence-corrected chi connectivity index (χ4v) is 6.23. The first kappa shape index (κ1) is 22.8. The van der Waals surface area contributed by atoms with Gasteiger partial charge in [-0.25, -0.2) is 9.37 Å². The molecule has 38 heavy (non-hydrogen) atoms. The van der Waals surface area contributed by atoms with Crippen LogP contribution < -0.4 is 10.2 Å². The highest BCUT2D eigenvalue weighted by Gasteiger charge is 2.43. The van der Waals surface area contributed by atoms with Crippen molar-refractivity contribution in [3.05, 3.63) is 70.9 Å². The molecule has 0 saturated carbocycles. The number of imidazole rings is 1. The molecular formula is C28H25FN6O3. The van der Waals surface area contributed by atoms with Crippen molar-refractivity contribution in [2.45, 2.75) is 31.7 Å². The van der Waals surface area contributed by atoms with E-state index in [0.29, 0.717) is 42.0 Å². The molecule has 2 aromatic heterocycles. The average Bonchev–Trinajstić information content (AvgIpc) is 3.55. The van der Waals surface area contributed by atoms with Crippen LogP contribution in [0.5, 0.6) is 0 Å². The second-order valence-electron chi connectivity index (χ2n) is 10.1. The molecule has 0 radical (unpaired) electrons. The Morgan fingerprint density at radius 2 is 1.84 bits per heavy atom. The lowest BCUT2D eigenvalue weighted by atomic mass is 9.94. The van der Waals surface area contributed by atoms with Crippen molar-refractivity contribution in [2.24, 2.45) is 4.99 Å². The monoisotopic (exact) mass is 512 g/mol. The van der Waals surface area contributed by atoms with Gasteiger partial charge < -0.3 is 9.80 Å². The number of aliphatic imine (C=N–C) groups is 1. The van der Waals surface area contributed by atoms with Gasteiger partial charge in [-0.2, -0.15) is 0 Å². The number of carbonyl (C=O) groups excluding carboxylic acids is 3. The molecule has 4 aliphatic heterocycles. The Bertz CT molecular complexity index is 1600. The van der Waals surface area contributed by atoms with Gasteiger partial charge in [0.2, 0.25) is 5.91 Å². The highest BCUT2D eigenvalue weighted by Crippen LogP contribution is 2.41. The number of aromatic nitrogens is 2. The molecule has 3 amide bonds. The lowest BCUT2D eigenvalue weighted by Crippen LogP contribution is -2.49. The fourth-order valence-electron chi connectivity index (χ4n) is 6.23. The molecule has 192 valence electrons. The summed E-state index contributed by atoms with van der Waals surface area (Å²) in [6.07, 6.45) is 6.81. The number of pyridine rings is 1. The van der Waals surface area contributed by atoms with Gasteiger partial charge in [0, 0.05) is 37.8 Å². The average molecular weight is 513 g/mol. The van der Waals surface area contributed by atoms with Gasteiger partial charge in [0.15, 0.2) is 0 Å². The van der Waals surface area contributed by atoms with Crippen LogP contribution in [0.2, 0.25) is 0 Å². The topological polar surface area (TPSA) is 99.4 Å². The highest BCUT2D eigenvalue weighted by atomic mass is 19.1. The predicted molar refractivity (Wildman–Crippen MR) is 138 cm³/mol. The number of rotatable bonds is 3. The molecule has 1 aromatic carbocycles. The number of amides is 3. The largest absolute Gasteiger partial charge is 0.357 e. The predicted octanol–water partition coefficient (Wildman–Crippen LogP) is 2.13. The fraction of sp³-hybridized carbons (Fsp3) is 0.321. The van der Waals surface area contributed by atoms with Crippen LogP contribution in [0.25, 0.3) is 11.2 Å². The van der Waals surface area contributed by atoms with Crippen molar-refractivity contribution in [3.8, 4) is 0 Å². The third-order valence-corrected chi connectivity index (χ3v) is 7.89. The summed E-state index contributed by atoms with van der Waals surface area (Å²) in [6, 6.07) is 7.84. The smallest absolute Gasteiger partial charge is 0.261 e. The van der Waals surface area contributed by atoms with Crippen molar-refractivity contribution < 1.29 is 18.8 Å². The van der Waals surface area contributed by atoms with Crippen molar-refractivity contribution in [1.82, 2.24) is 19.6 Å². The Morgan fingerprint density at radius 3 is 2.68 bits per heavy atom. The molecule has 7 rings (SSSR count). The maximum Gasteiger partial charge on any atom is 0.261 e. The molecule has 0 spiro atoms. The Morgan fingerprint density at radius 1 is 1.03 bits per heavy atom. The third kappa shape index (κ3) is 3.39. The zero-order valence-corrected chi connectivity index (χ0v) is 20.6. The van der Waals surface area contributed by atoms with E-state index in [4.69, 9.17) is 4.99 Å². The van der Waals surface area contributed by atoms with E-state index >= 15 is 4.39 Å². The molecule has 1 atom stereocenters. The molecular weight excluding hydrogens is 487 g/mol. The van der Waals surface area contributed by atoms with Crippen LogP contribution in [0, 0.1) is 5.82 Å². The number of nitrogens with one attached hydrogen (secondary N) is 1. The minimum atomic E-state index is -0.583. The molecule has 10 heteroatoms. The van der Waals surface area contributed by atoms with Gasteiger partial charge in [-0.1, -0.05) is 6.07 Å². The summed E-state index contributed by atoms with van der Waals surface area (Å²) in [4.78, 5) is 52.9. The third-order valence-electron chi connectivity index (χ3n) is 7.89. The van der Waals surface area contributed by atoms with E-state index < -0.39 is 23.7 Å². The van der Waals surface area contributed by atoms with Gasteiger partial charge in [0.1, 0.15) is 17.5 Å². The first-order valence-corrected chi connectivity index (χ1v) is 13.0. The van der Waals surface area contributed by atoms with Crippen LogP contribution in [0.4, 0.5) is 10.1 Å². The summed E-state index contributed by atoms with van der Waals surface area (Å²) >= 11 is 0. The number of imide groups is 1. The van der Waals surface area contributed by atoms with E-state index in [1.54, 1.807) is 22.9 Å². The summed E-state index contributed by atoms with van der Waals surface area (Å²) in [5.41, 5.74) is 3.45. The summed E-state index contributed by atoms with van der Waals surface area (Å²) in [7, 11) is 0. The molecule has 6 heterocycles. The number of carbonyl (C=O) groups is 3. The number of likely N-dealkylation sites (tertiary alicyclic amines) is 1. The van der Waals surface area contributed by atoms with E-state index in [1.165, 1.54) is 12.1 Å². The standard InChI is InChI=1S/C28H25FN6O3/c29-17-12-16-13-19(28(38)33-8-3-1-4-9-33)35-11-7-30-24(18(14-17)25(16)35)23-22(26(36)32-27(23)37)20-15-31-21-6-2-5-10-34(20)21/h2,5-6,10,12,14-15,19H,1,3-4,7-9,11,13H2,(H,32,36,37). The van der Waals surface area contributed by atoms with Crippen molar-refractivity contribution in [3.63, 3.8) is 0 Å². The second-order valence-corrected chi connectivity index (χ2v) is 10.1. The van der Waals surface area contributed by atoms with Crippen LogP contribution in [0.1, 0.15) is 36.1 Å². The van der Waals surface area contributed by atoms with Gasteiger partial charge in [0.05, 0.1) is 41.0 Å². The van der Waals surface area contributed by atoms with Gasteiger partial charge in [-0.3, -0.25) is 29.1 Å². The summed E-state index contributed by atoms with van der Waals surface area (Å²) < 4.78 is 16.8. The number of benzene rings is 1. The second kappa shape index (κ2) is 8.61. The highest BCUT2D eigenvalue weighted by molar-refractivity contribution is 6.47. The summed E-state index contributed by atoms with van der Waals surface area (Å²) in [5, 5.41) is 2.40. The molecule has 1 N–H and O–H groups in total. The van der Waals surface area contributed by atoms with Crippen LogP contribution in [0.3, 0.4) is 0 Å². The number of halogens is 1. The first-order chi connectivity index (χ1) is 18.5. The zero-order valence-electron chi connectivity index (χ0n) is 20.6. The Hall–Kier alpha value is -4.34. The number of nitrogens with zero attached hydrogens (tertiary/aromatic N) is 5. The Kier molecular flexibility index (Phi) is 5.17. The maximum atomic E-state index is 15.0.